The molecule has 0 aromatic carbocycles. The molecule has 4 N–H and O–H groups in total. The van der Waals surface area contributed by atoms with Gasteiger partial charge in [-0.3, -0.25) is 4.79 Å². The predicted molar refractivity (Wildman–Crippen MR) is 76.2 cm³/mol. The first-order valence-electron chi connectivity index (χ1n) is 7.24. The molecule has 1 heterocycles. The van der Waals surface area contributed by atoms with Gasteiger partial charge in [-0.05, 0) is 31.6 Å². The van der Waals surface area contributed by atoms with E-state index in [9.17, 15) is 9.90 Å². The van der Waals surface area contributed by atoms with Crippen molar-refractivity contribution in [2.24, 2.45) is 11.7 Å². The van der Waals surface area contributed by atoms with Crippen LogP contribution < -0.4 is 11.1 Å². The number of nitrogens with two attached hydrogens (primary N) is 1. The van der Waals surface area contributed by atoms with Crippen LogP contribution in [0.1, 0.15) is 43.1 Å². The van der Waals surface area contributed by atoms with Crippen LogP contribution in [0.25, 0.3) is 0 Å². The summed E-state index contributed by atoms with van der Waals surface area (Å²) in [5.41, 5.74) is 5.36. The Labute approximate surface area is 119 Å². The number of aliphatic hydroxyl groups excluding tert-OH is 1. The van der Waals surface area contributed by atoms with E-state index in [1.807, 2.05) is 0 Å². The molecule has 0 saturated heterocycles. The van der Waals surface area contributed by atoms with Crippen LogP contribution in [0.5, 0.6) is 0 Å². The quantitative estimate of drug-likeness (QED) is 0.732. The fourth-order valence-corrected chi connectivity index (χ4v) is 2.69. The number of amides is 1. The number of hydrogen-bond donors (Lipinski definition) is 3. The third kappa shape index (κ3) is 3.37. The summed E-state index contributed by atoms with van der Waals surface area (Å²) >= 11 is 0. The summed E-state index contributed by atoms with van der Waals surface area (Å²) in [5, 5.41) is 12.6. The van der Waals surface area contributed by atoms with E-state index in [0.717, 1.165) is 25.7 Å². The maximum Gasteiger partial charge on any atom is 0.271 e. The molecule has 2 rings (SSSR count). The lowest BCUT2D eigenvalue weighted by Gasteiger charge is -2.38. The van der Waals surface area contributed by atoms with Crippen molar-refractivity contribution in [3.05, 3.63) is 18.2 Å². The Morgan fingerprint density at radius 1 is 1.60 bits per heavy atom. The van der Waals surface area contributed by atoms with Crippen LogP contribution in [-0.4, -0.2) is 39.3 Å². The van der Waals surface area contributed by atoms with Crippen molar-refractivity contribution in [2.75, 3.05) is 13.2 Å². The molecular formula is C14H24N4O2. The van der Waals surface area contributed by atoms with Gasteiger partial charge in [-0.15, -0.1) is 0 Å². The normalized spacial score (nSPS) is 26.4. The lowest BCUT2D eigenvalue weighted by molar-refractivity contribution is 0.0713. The summed E-state index contributed by atoms with van der Waals surface area (Å²) in [6.45, 7) is 3.34. The molecule has 6 heteroatoms. The van der Waals surface area contributed by atoms with Crippen molar-refractivity contribution < 1.29 is 9.90 Å². The van der Waals surface area contributed by atoms with Crippen molar-refractivity contribution in [1.82, 2.24) is 14.9 Å². The van der Waals surface area contributed by atoms with E-state index in [1.165, 1.54) is 0 Å². The van der Waals surface area contributed by atoms with Gasteiger partial charge in [0.1, 0.15) is 5.69 Å². The number of imidazole rings is 1. The second-order valence-corrected chi connectivity index (χ2v) is 5.86. The molecule has 1 aliphatic rings. The third-order valence-corrected chi connectivity index (χ3v) is 4.17. The van der Waals surface area contributed by atoms with Crippen molar-refractivity contribution in [3.8, 4) is 0 Å². The highest BCUT2D eigenvalue weighted by Gasteiger charge is 2.35. The largest absolute Gasteiger partial charge is 0.394 e. The van der Waals surface area contributed by atoms with Gasteiger partial charge < -0.3 is 20.7 Å². The van der Waals surface area contributed by atoms with E-state index in [-0.39, 0.29) is 12.5 Å². The summed E-state index contributed by atoms with van der Waals surface area (Å²) < 4.78 is 1.80. The van der Waals surface area contributed by atoms with Crippen molar-refractivity contribution >= 4 is 5.91 Å². The minimum atomic E-state index is -0.485. The molecule has 20 heavy (non-hydrogen) atoms. The number of carbonyl (C=O) groups is 1. The average Bonchev–Trinajstić information content (AvgIpc) is 2.91. The van der Waals surface area contributed by atoms with Gasteiger partial charge in [0.15, 0.2) is 0 Å². The summed E-state index contributed by atoms with van der Waals surface area (Å²) in [6, 6.07) is 0. The van der Waals surface area contributed by atoms with Crippen LogP contribution in [0.2, 0.25) is 0 Å². The van der Waals surface area contributed by atoms with Crippen molar-refractivity contribution in [2.45, 2.75) is 44.7 Å². The maximum absolute atomic E-state index is 12.2. The molecule has 1 fully saturated rings. The minimum absolute atomic E-state index is 0.0189. The first-order valence-corrected chi connectivity index (χ1v) is 7.24. The van der Waals surface area contributed by atoms with Crippen LogP contribution >= 0.6 is 0 Å². The molecule has 1 aliphatic carbocycles. The summed E-state index contributed by atoms with van der Waals surface area (Å²) in [6.07, 6.45) is 7.00. The summed E-state index contributed by atoms with van der Waals surface area (Å²) in [5.74, 6) is 0.444. The Morgan fingerprint density at radius 3 is 2.90 bits per heavy atom. The number of aliphatic hydroxyl groups is 1. The standard InChI is InChI=1S/C14H24N4O2/c1-11-2-4-14(9-19,5-3-11)17-13(20)12-8-18(7-6-15)10-16-12/h8,10-11,19H,2-7,9,15H2,1H3,(H,17,20). The summed E-state index contributed by atoms with van der Waals surface area (Å²) in [7, 11) is 0. The van der Waals surface area contributed by atoms with Crippen molar-refractivity contribution in [3.63, 3.8) is 0 Å². The van der Waals surface area contributed by atoms with E-state index >= 15 is 0 Å². The second kappa shape index (κ2) is 6.37. The van der Waals surface area contributed by atoms with E-state index in [1.54, 1.807) is 17.1 Å². The Balaban J connectivity index is 2.01. The topological polar surface area (TPSA) is 93.2 Å². The lowest BCUT2D eigenvalue weighted by atomic mass is 9.77. The van der Waals surface area contributed by atoms with Crippen LogP contribution in [0, 0.1) is 5.92 Å². The van der Waals surface area contributed by atoms with Crippen LogP contribution in [-0.2, 0) is 6.54 Å². The average molecular weight is 280 g/mol. The molecular weight excluding hydrogens is 256 g/mol. The van der Waals surface area contributed by atoms with Gasteiger partial charge in [-0.2, -0.15) is 0 Å². The predicted octanol–water partition coefficient (Wildman–Crippen LogP) is 0.513. The fraction of sp³-hybridized carbons (Fsp3) is 0.714. The number of nitrogens with zero attached hydrogens (tertiary/aromatic N) is 2. The first kappa shape index (κ1) is 15.0. The maximum atomic E-state index is 12.2. The van der Waals surface area contributed by atoms with E-state index < -0.39 is 5.54 Å². The van der Waals surface area contributed by atoms with Gasteiger partial charge in [0, 0.05) is 19.3 Å². The summed E-state index contributed by atoms with van der Waals surface area (Å²) in [4.78, 5) is 16.3. The van der Waals surface area contributed by atoms with Gasteiger partial charge in [-0.25, -0.2) is 4.98 Å². The molecule has 1 amide bonds. The molecule has 0 aliphatic heterocycles. The molecule has 1 aromatic rings. The number of aromatic nitrogens is 2. The smallest absolute Gasteiger partial charge is 0.271 e. The lowest BCUT2D eigenvalue weighted by Crippen LogP contribution is -2.53. The van der Waals surface area contributed by atoms with Crippen LogP contribution in [0.3, 0.4) is 0 Å². The second-order valence-electron chi connectivity index (χ2n) is 5.86. The highest BCUT2D eigenvalue weighted by molar-refractivity contribution is 5.92. The van der Waals surface area contributed by atoms with E-state index in [2.05, 4.69) is 17.2 Å². The molecule has 6 nitrogen and oxygen atoms in total. The Hall–Kier alpha value is -1.40. The monoisotopic (exact) mass is 280 g/mol. The van der Waals surface area contributed by atoms with E-state index in [4.69, 9.17) is 5.73 Å². The minimum Gasteiger partial charge on any atom is -0.394 e. The molecule has 1 aromatic heterocycles. The van der Waals surface area contributed by atoms with Gasteiger partial charge in [0.2, 0.25) is 0 Å². The zero-order valence-electron chi connectivity index (χ0n) is 12.0. The van der Waals surface area contributed by atoms with Gasteiger partial charge in [0.25, 0.3) is 5.91 Å². The third-order valence-electron chi connectivity index (χ3n) is 4.17. The van der Waals surface area contributed by atoms with Crippen LogP contribution in [0.4, 0.5) is 0 Å². The number of rotatable bonds is 5. The first-order chi connectivity index (χ1) is 9.58. The number of nitrogens with one attached hydrogen (secondary N) is 1. The Bertz CT molecular complexity index is 450. The molecule has 112 valence electrons. The van der Waals surface area contributed by atoms with Gasteiger partial charge >= 0.3 is 0 Å². The zero-order chi connectivity index (χ0) is 14.6. The molecule has 0 radical (unpaired) electrons. The van der Waals surface area contributed by atoms with E-state index in [0.29, 0.717) is 24.7 Å². The molecule has 0 atom stereocenters. The van der Waals surface area contributed by atoms with Crippen molar-refractivity contribution in [1.29, 1.82) is 0 Å². The molecule has 0 unspecified atom stereocenters. The van der Waals surface area contributed by atoms with Gasteiger partial charge in [-0.1, -0.05) is 6.92 Å². The SMILES string of the molecule is CC1CCC(CO)(NC(=O)c2cn(CCN)cn2)CC1. The highest BCUT2D eigenvalue weighted by Crippen LogP contribution is 2.31. The van der Waals surface area contributed by atoms with Crippen LogP contribution in [0.15, 0.2) is 12.5 Å². The molecule has 0 bridgehead atoms. The Morgan fingerprint density at radius 2 is 2.30 bits per heavy atom. The molecule has 0 spiro atoms. The molecule has 1 saturated carbocycles. The number of carbonyl (C=O) groups excluding carboxylic acids is 1. The highest BCUT2D eigenvalue weighted by atomic mass is 16.3. The fourth-order valence-electron chi connectivity index (χ4n) is 2.69. The number of hydrogen-bond acceptors (Lipinski definition) is 4. The zero-order valence-corrected chi connectivity index (χ0v) is 12.0. The Kier molecular flexibility index (Phi) is 4.77. The van der Waals surface area contributed by atoms with Gasteiger partial charge in [0.05, 0.1) is 18.5 Å².